The molecule has 2 aliphatic rings. The highest BCUT2D eigenvalue weighted by molar-refractivity contribution is 6.07. The lowest BCUT2D eigenvalue weighted by molar-refractivity contribution is -0.135. The van der Waals surface area contributed by atoms with Gasteiger partial charge in [-0.15, -0.1) is 0 Å². The molecule has 0 unspecified atom stereocenters. The largest absolute Gasteiger partial charge is 0.465 e. The first kappa shape index (κ1) is 19.7. The molecule has 0 aromatic carbocycles. The fraction of sp³-hybridized carbons (Fsp3) is 0.619. The molecule has 3 amide bonds. The van der Waals surface area contributed by atoms with Crippen molar-refractivity contribution in [2.75, 3.05) is 32.7 Å². The summed E-state index contributed by atoms with van der Waals surface area (Å²) in [5.41, 5.74) is -0.636. The molecule has 2 aliphatic heterocycles. The lowest BCUT2D eigenvalue weighted by Crippen LogP contribution is -2.56. The van der Waals surface area contributed by atoms with Gasteiger partial charge in [0, 0.05) is 32.7 Å². The number of likely N-dealkylation sites (N-methyl/N-ethyl adjacent to an activating group) is 1. The zero-order chi connectivity index (χ0) is 19.4. The molecule has 0 aliphatic carbocycles. The molecule has 27 heavy (non-hydrogen) atoms. The van der Waals surface area contributed by atoms with Crippen LogP contribution in [0, 0.1) is 5.92 Å². The summed E-state index contributed by atoms with van der Waals surface area (Å²) in [5.74, 6) is 1.36. The van der Waals surface area contributed by atoms with E-state index in [1.54, 1.807) is 6.26 Å². The van der Waals surface area contributed by atoms with Gasteiger partial charge in [0.2, 0.25) is 0 Å². The summed E-state index contributed by atoms with van der Waals surface area (Å²) in [6.07, 6.45) is 8.07. The van der Waals surface area contributed by atoms with E-state index in [1.807, 2.05) is 30.0 Å². The fourth-order valence-electron chi connectivity index (χ4n) is 4.05. The molecule has 1 aromatic rings. The van der Waals surface area contributed by atoms with E-state index < -0.39 is 5.54 Å². The summed E-state index contributed by atoms with van der Waals surface area (Å²) in [7, 11) is 0. The van der Waals surface area contributed by atoms with Gasteiger partial charge in [0.25, 0.3) is 5.91 Å². The number of amides is 3. The van der Waals surface area contributed by atoms with Crippen LogP contribution in [0.3, 0.4) is 0 Å². The number of imide groups is 1. The van der Waals surface area contributed by atoms with Crippen molar-refractivity contribution in [3.8, 4) is 0 Å². The number of urea groups is 1. The minimum absolute atomic E-state index is 0.00420. The Bertz CT molecular complexity index is 673. The lowest BCUT2D eigenvalue weighted by Gasteiger charge is -2.42. The summed E-state index contributed by atoms with van der Waals surface area (Å²) in [6.45, 7) is 9.76. The van der Waals surface area contributed by atoms with Gasteiger partial charge in [-0.1, -0.05) is 19.9 Å². The molecule has 0 N–H and O–H groups in total. The van der Waals surface area contributed by atoms with Crippen LogP contribution in [0.2, 0.25) is 0 Å². The number of hydrogen-bond donors (Lipinski definition) is 0. The third-order valence-electron chi connectivity index (χ3n) is 5.74. The Morgan fingerprint density at radius 3 is 2.59 bits per heavy atom. The molecule has 1 spiro atoms. The van der Waals surface area contributed by atoms with Gasteiger partial charge in [0.15, 0.2) is 0 Å². The number of hydrogen-bond acceptors (Lipinski definition) is 4. The number of piperidine rings is 1. The molecular weight excluding hydrogens is 342 g/mol. The molecule has 2 fully saturated rings. The Balaban J connectivity index is 1.65. The van der Waals surface area contributed by atoms with Crippen LogP contribution in [0.1, 0.15) is 45.8 Å². The Morgan fingerprint density at radius 1 is 1.26 bits per heavy atom. The number of rotatable bonds is 7. The van der Waals surface area contributed by atoms with Gasteiger partial charge in [-0.05, 0) is 50.3 Å². The third kappa shape index (κ3) is 3.95. The summed E-state index contributed by atoms with van der Waals surface area (Å²) in [6, 6.07) is 3.70. The molecule has 1 aromatic heterocycles. The van der Waals surface area contributed by atoms with E-state index in [0.29, 0.717) is 31.8 Å². The summed E-state index contributed by atoms with van der Waals surface area (Å²) >= 11 is 0. The molecule has 6 heteroatoms. The monoisotopic (exact) mass is 373 g/mol. The van der Waals surface area contributed by atoms with Gasteiger partial charge in [0.1, 0.15) is 11.3 Å². The first-order valence-electron chi connectivity index (χ1n) is 10.0. The van der Waals surface area contributed by atoms with E-state index in [-0.39, 0.29) is 11.9 Å². The van der Waals surface area contributed by atoms with Crippen LogP contribution in [0.25, 0.3) is 6.08 Å². The van der Waals surface area contributed by atoms with E-state index in [9.17, 15) is 9.59 Å². The predicted octanol–water partition coefficient (Wildman–Crippen LogP) is 3.46. The average molecular weight is 373 g/mol. The number of carbonyl (C=O) groups excluding carboxylic acids is 2. The average Bonchev–Trinajstić information content (AvgIpc) is 3.22. The van der Waals surface area contributed by atoms with E-state index in [2.05, 4.69) is 24.8 Å². The Hall–Kier alpha value is -2.08. The highest BCUT2D eigenvalue weighted by Crippen LogP contribution is 2.37. The smallest absolute Gasteiger partial charge is 0.327 e. The van der Waals surface area contributed by atoms with Gasteiger partial charge in [0.05, 0.1) is 6.26 Å². The molecule has 3 rings (SSSR count). The summed E-state index contributed by atoms with van der Waals surface area (Å²) in [4.78, 5) is 31.5. The molecule has 2 saturated heterocycles. The Labute approximate surface area is 161 Å². The quantitative estimate of drug-likeness (QED) is 0.687. The standard InChI is InChI=1S/C21H31N3O3/c1-4-23-19(25)21(24(20(23)26)13-9-17(2)3)10-14-22(15-11-21)12-5-7-18-8-6-16-27-18/h5-8,16-17H,4,9-15H2,1-3H3/b7-5+. The van der Waals surface area contributed by atoms with Gasteiger partial charge in [-0.3, -0.25) is 14.6 Å². The highest BCUT2D eigenvalue weighted by Gasteiger charge is 2.57. The molecule has 3 heterocycles. The van der Waals surface area contributed by atoms with Crippen LogP contribution in [0.15, 0.2) is 28.9 Å². The van der Waals surface area contributed by atoms with Crippen LogP contribution in [-0.4, -0.2) is 64.9 Å². The second-order valence-electron chi connectivity index (χ2n) is 7.92. The first-order valence-corrected chi connectivity index (χ1v) is 10.0. The maximum atomic E-state index is 13.1. The second-order valence-corrected chi connectivity index (χ2v) is 7.92. The van der Waals surface area contributed by atoms with Gasteiger partial charge < -0.3 is 9.32 Å². The van der Waals surface area contributed by atoms with Gasteiger partial charge in [-0.25, -0.2) is 4.79 Å². The van der Waals surface area contributed by atoms with Crippen molar-refractivity contribution in [1.29, 1.82) is 0 Å². The lowest BCUT2D eigenvalue weighted by atomic mass is 9.85. The number of carbonyl (C=O) groups is 2. The van der Waals surface area contributed by atoms with E-state index in [1.165, 1.54) is 4.90 Å². The predicted molar refractivity (Wildman–Crippen MR) is 105 cm³/mol. The molecule has 6 nitrogen and oxygen atoms in total. The molecule has 0 radical (unpaired) electrons. The fourth-order valence-corrected chi connectivity index (χ4v) is 4.05. The molecule has 0 atom stereocenters. The molecule has 148 valence electrons. The maximum absolute atomic E-state index is 13.1. The summed E-state index contributed by atoms with van der Waals surface area (Å²) in [5, 5.41) is 0. The van der Waals surface area contributed by atoms with E-state index in [4.69, 9.17) is 4.42 Å². The number of furan rings is 1. The van der Waals surface area contributed by atoms with Crippen molar-refractivity contribution in [2.45, 2.75) is 45.6 Å². The van der Waals surface area contributed by atoms with Crippen molar-refractivity contribution < 1.29 is 14.0 Å². The minimum Gasteiger partial charge on any atom is -0.465 e. The van der Waals surface area contributed by atoms with Gasteiger partial charge >= 0.3 is 6.03 Å². The van der Waals surface area contributed by atoms with Crippen molar-refractivity contribution in [3.05, 3.63) is 30.2 Å². The topological polar surface area (TPSA) is 57.0 Å². The Morgan fingerprint density at radius 2 is 2.00 bits per heavy atom. The van der Waals surface area contributed by atoms with Gasteiger partial charge in [-0.2, -0.15) is 0 Å². The van der Waals surface area contributed by atoms with Crippen LogP contribution in [-0.2, 0) is 4.79 Å². The van der Waals surface area contributed by atoms with Crippen LogP contribution >= 0.6 is 0 Å². The van der Waals surface area contributed by atoms with Crippen molar-refractivity contribution in [2.24, 2.45) is 5.92 Å². The summed E-state index contributed by atoms with van der Waals surface area (Å²) < 4.78 is 5.31. The highest BCUT2D eigenvalue weighted by atomic mass is 16.3. The van der Waals surface area contributed by atoms with Crippen LogP contribution in [0.4, 0.5) is 4.79 Å². The third-order valence-corrected chi connectivity index (χ3v) is 5.74. The molecule has 0 bridgehead atoms. The number of nitrogens with zero attached hydrogens (tertiary/aromatic N) is 3. The van der Waals surface area contributed by atoms with E-state index in [0.717, 1.165) is 31.8 Å². The molecular formula is C21H31N3O3. The first-order chi connectivity index (χ1) is 13.0. The van der Waals surface area contributed by atoms with E-state index >= 15 is 0 Å². The van der Waals surface area contributed by atoms with Crippen molar-refractivity contribution in [3.63, 3.8) is 0 Å². The van der Waals surface area contributed by atoms with Crippen LogP contribution in [0.5, 0.6) is 0 Å². The minimum atomic E-state index is -0.636. The Kier molecular flexibility index (Phi) is 6.05. The van der Waals surface area contributed by atoms with Crippen LogP contribution < -0.4 is 0 Å². The zero-order valence-electron chi connectivity index (χ0n) is 16.7. The SMILES string of the molecule is CCN1C(=O)N(CCC(C)C)C2(CCN(C/C=C/c3ccco3)CC2)C1=O. The van der Waals surface area contributed by atoms with Crippen molar-refractivity contribution in [1.82, 2.24) is 14.7 Å². The maximum Gasteiger partial charge on any atom is 0.327 e. The molecule has 0 saturated carbocycles. The second kappa shape index (κ2) is 8.30. The number of likely N-dealkylation sites (tertiary alicyclic amines) is 1. The normalized spacial score (nSPS) is 20.7. The zero-order valence-corrected chi connectivity index (χ0v) is 16.7. The van der Waals surface area contributed by atoms with Crippen molar-refractivity contribution >= 4 is 18.0 Å².